The Morgan fingerprint density at radius 1 is 0.966 bits per heavy atom. The zero-order chi connectivity index (χ0) is 19.1. The normalized spacial score (nSPS) is 14.6. The van der Waals surface area contributed by atoms with E-state index in [4.69, 9.17) is 0 Å². The fourth-order valence-electron chi connectivity index (χ4n) is 4.51. The lowest BCUT2D eigenvalue weighted by Crippen LogP contribution is -2.42. The van der Waals surface area contributed by atoms with Crippen LogP contribution in [0.5, 0.6) is 0 Å². The Balaban J connectivity index is 0.00000205. The minimum absolute atomic E-state index is 0. The summed E-state index contributed by atoms with van der Waals surface area (Å²) in [5.74, 6) is 0. The monoisotopic (exact) mass is 403 g/mol. The molecule has 148 valence electrons. The third kappa shape index (κ3) is 3.68. The predicted molar refractivity (Wildman–Crippen MR) is 123 cm³/mol. The molecule has 5 rings (SSSR count). The van der Waals surface area contributed by atoms with E-state index in [1.807, 2.05) is 0 Å². The van der Waals surface area contributed by atoms with Crippen LogP contribution in [-0.4, -0.2) is 15.5 Å². The molecule has 0 amide bonds. The molecule has 0 atom stereocenters. The number of nitrogens with zero attached hydrogens (tertiary/aromatic N) is 1. The Morgan fingerprint density at radius 3 is 2.34 bits per heavy atom. The number of hydrogen-bond acceptors (Lipinski definition) is 2. The largest absolute Gasteiger partial charge is 0.345 e. The van der Waals surface area contributed by atoms with Gasteiger partial charge in [-0.1, -0.05) is 54.6 Å². The van der Waals surface area contributed by atoms with E-state index in [0.717, 1.165) is 30.4 Å². The number of nitrogens with one attached hydrogen (secondary N) is 2. The number of hydrogen-bond donors (Lipinski definition) is 2. The zero-order valence-electron chi connectivity index (χ0n) is 16.8. The third-order valence-corrected chi connectivity index (χ3v) is 6.11. The second-order valence-corrected chi connectivity index (χ2v) is 8.27. The van der Waals surface area contributed by atoms with Crippen LogP contribution in [0.25, 0.3) is 22.2 Å². The van der Waals surface area contributed by atoms with Crippen LogP contribution in [-0.2, 0) is 19.4 Å². The quantitative estimate of drug-likeness (QED) is 0.465. The zero-order valence-corrected chi connectivity index (χ0v) is 17.6. The first-order valence-electron chi connectivity index (χ1n) is 9.95. The summed E-state index contributed by atoms with van der Waals surface area (Å²) in [7, 11) is 0. The molecular formula is C25H26ClN3. The number of rotatable bonds is 4. The maximum Gasteiger partial charge on any atom is 0.0931 e. The van der Waals surface area contributed by atoms with Crippen molar-refractivity contribution in [3.8, 4) is 11.1 Å². The van der Waals surface area contributed by atoms with E-state index >= 15 is 0 Å². The van der Waals surface area contributed by atoms with Gasteiger partial charge >= 0.3 is 0 Å². The number of aromatic amines is 1. The second-order valence-electron chi connectivity index (χ2n) is 8.27. The van der Waals surface area contributed by atoms with Crippen LogP contribution < -0.4 is 5.32 Å². The Hall–Kier alpha value is -2.62. The second kappa shape index (κ2) is 7.66. The summed E-state index contributed by atoms with van der Waals surface area (Å²) in [6.07, 6.45) is 3.96. The van der Waals surface area contributed by atoms with Crippen molar-refractivity contribution in [3.63, 3.8) is 0 Å². The third-order valence-electron chi connectivity index (χ3n) is 6.11. The minimum atomic E-state index is 0. The van der Waals surface area contributed by atoms with Gasteiger partial charge in [0.05, 0.1) is 17.4 Å². The lowest BCUT2D eigenvalue weighted by molar-refractivity contribution is 0.370. The molecule has 0 saturated heterocycles. The number of halogens is 1. The molecule has 4 aromatic rings. The van der Waals surface area contributed by atoms with Crippen molar-refractivity contribution in [2.45, 2.75) is 38.8 Å². The summed E-state index contributed by atoms with van der Waals surface area (Å²) in [6.45, 7) is 5.37. The molecule has 1 aromatic heterocycles. The summed E-state index contributed by atoms with van der Waals surface area (Å²) < 4.78 is 0. The van der Waals surface area contributed by atoms with Crippen LogP contribution in [0.15, 0.2) is 67.0 Å². The summed E-state index contributed by atoms with van der Waals surface area (Å²) in [5, 5.41) is 3.80. The smallest absolute Gasteiger partial charge is 0.0931 e. The maximum atomic E-state index is 4.45. The Morgan fingerprint density at radius 2 is 1.66 bits per heavy atom. The van der Waals surface area contributed by atoms with Gasteiger partial charge in [0.1, 0.15) is 0 Å². The first kappa shape index (κ1) is 19.7. The van der Waals surface area contributed by atoms with Crippen LogP contribution in [0.4, 0.5) is 0 Å². The molecule has 29 heavy (non-hydrogen) atoms. The van der Waals surface area contributed by atoms with E-state index in [2.05, 4.69) is 89.8 Å². The number of fused-ring (bicyclic) bond motifs is 2. The molecule has 0 radical (unpaired) electrons. The van der Waals surface area contributed by atoms with Gasteiger partial charge < -0.3 is 10.3 Å². The molecule has 0 fully saturated rings. The van der Waals surface area contributed by atoms with Gasteiger partial charge in [0.2, 0.25) is 0 Å². The van der Waals surface area contributed by atoms with Crippen molar-refractivity contribution >= 4 is 23.4 Å². The van der Waals surface area contributed by atoms with E-state index < -0.39 is 0 Å². The molecule has 3 nitrogen and oxygen atoms in total. The standard InChI is InChI=1S/C25H25N3.ClH/c1-17-22(11-12-23-24(17)27-16-26-23)19-9-7-18(8-10-19)15-28-25(2)13-20-5-3-4-6-21(20)14-25;/h3-12,16,28H,13-15H2,1-2H3,(H,26,27);1H. The molecule has 3 aromatic carbocycles. The average molecular weight is 404 g/mol. The fourth-order valence-corrected chi connectivity index (χ4v) is 4.51. The predicted octanol–water partition coefficient (Wildman–Crippen LogP) is 5.61. The van der Waals surface area contributed by atoms with Gasteiger partial charge in [-0.15, -0.1) is 12.4 Å². The molecule has 1 aliphatic carbocycles. The number of aromatic nitrogens is 2. The van der Waals surface area contributed by atoms with Crippen LogP contribution in [0.1, 0.15) is 29.2 Å². The number of aryl methyl sites for hydroxylation is 1. The molecule has 2 N–H and O–H groups in total. The van der Waals surface area contributed by atoms with Gasteiger partial charge in [0.15, 0.2) is 0 Å². The number of H-pyrrole nitrogens is 1. The molecule has 0 bridgehead atoms. The molecule has 0 unspecified atom stereocenters. The van der Waals surface area contributed by atoms with Crippen LogP contribution in [0.2, 0.25) is 0 Å². The lowest BCUT2D eigenvalue weighted by atomic mass is 9.96. The summed E-state index contributed by atoms with van der Waals surface area (Å²) in [6, 6.07) is 22.0. The summed E-state index contributed by atoms with van der Waals surface area (Å²) >= 11 is 0. The molecule has 0 aliphatic heterocycles. The van der Waals surface area contributed by atoms with Gasteiger partial charge in [-0.3, -0.25) is 0 Å². The first-order chi connectivity index (χ1) is 13.6. The van der Waals surface area contributed by atoms with E-state index in [0.29, 0.717) is 0 Å². The van der Waals surface area contributed by atoms with Gasteiger partial charge in [-0.05, 0) is 66.1 Å². The van der Waals surface area contributed by atoms with Crippen molar-refractivity contribution in [2.75, 3.05) is 0 Å². The van der Waals surface area contributed by atoms with Crippen molar-refractivity contribution in [1.82, 2.24) is 15.3 Å². The van der Waals surface area contributed by atoms with Crippen LogP contribution in [0.3, 0.4) is 0 Å². The van der Waals surface area contributed by atoms with Crippen LogP contribution in [0, 0.1) is 6.92 Å². The Kier molecular flexibility index (Phi) is 5.20. The van der Waals surface area contributed by atoms with Crippen molar-refractivity contribution in [3.05, 3.63) is 89.2 Å². The number of benzene rings is 3. The highest BCUT2D eigenvalue weighted by atomic mass is 35.5. The van der Waals surface area contributed by atoms with Crippen LogP contribution >= 0.6 is 12.4 Å². The van der Waals surface area contributed by atoms with Crippen molar-refractivity contribution in [2.24, 2.45) is 0 Å². The first-order valence-corrected chi connectivity index (χ1v) is 9.95. The van der Waals surface area contributed by atoms with E-state index in [9.17, 15) is 0 Å². The van der Waals surface area contributed by atoms with Crippen molar-refractivity contribution < 1.29 is 0 Å². The highest BCUT2D eigenvalue weighted by Gasteiger charge is 2.31. The summed E-state index contributed by atoms with van der Waals surface area (Å²) in [4.78, 5) is 7.64. The van der Waals surface area contributed by atoms with Gasteiger partial charge in [-0.25, -0.2) is 4.98 Å². The summed E-state index contributed by atoms with van der Waals surface area (Å²) in [5.41, 5.74) is 10.3. The molecule has 0 saturated carbocycles. The Labute approximate surface area is 178 Å². The van der Waals surface area contributed by atoms with Gasteiger partial charge in [0, 0.05) is 12.1 Å². The highest BCUT2D eigenvalue weighted by Crippen LogP contribution is 2.31. The van der Waals surface area contributed by atoms with E-state index in [1.54, 1.807) is 6.33 Å². The average Bonchev–Trinajstić information content (AvgIpc) is 3.31. The lowest BCUT2D eigenvalue weighted by Gasteiger charge is -2.25. The molecule has 1 aliphatic rings. The molecule has 1 heterocycles. The molecule has 4 heteroatoms. The maximum absolute atomic E-state index is 4.45. The van der Waals surface area contributed by atoms with E-state index in [1.165, 1.54) is 33.4 Å². The Bertz CT molecular complexity index is 1120. The highest BCUT2D eigenvalue weighted by molar-refractivity contribution is 5.86. The number of imidazole rings is 1. The topological polar surface area (TPSA) is 40.7 Å². The minimum Gasteiger partial charge on any atom is -0.345 e. The van der Waals surface area contributed by atoms with Gasteiger partial charge in [0.25, 0.3) is 0 Å². The molecule has 0 spiro atoms. The van der Waals surface area contributed by atoms with E-state index in [-0.39, 0.29) is 17.9 Å². The fraction of sp³-hybridized carbons (Fsp3) is 0.240. The SMILES string of the molecule is Cc1c(-c2ccc(CNC3(C)Cc4ccccc4C3)cc2)ccc2[nH]cnc12.Cl. The molecular weight excluding hydrogens is 378 g/mol. The van der Waals surface area contributed by atoms with Gasteiger partial charge in [-0.2, -0.15) is 0 Å². The van der Waals surface area contributed by atoms with Crippen molar-refractivity contribution in [1.29, 1.82) is 0 Å².